The van der Waals surface area contributed by atoms with E-state index in [9.17, 15) is 26.7 Å². The Kier molecular flexibility index (Phi) is 6.90. The van der Waals surface area contributed by atoms with Crippen LogP contribution >= 0.6 is 11.6 Å². The molecule has 0 saturated heterocycles. The SMILES string of the molecule is COc1cc(C(=O)Nc2ccccc2OC(F)(F)[C@@H](F)Cl)ccc1OC(F)F. The lowest BCUT2D eigenvalue weighted by molar-refractivity contribution is -0.198. The molecule has 0 heterocycles. The lowest BCUT2D eigenvalue weighted by Crippen LogP contribution is -2.33. The highest BCUT2D eigenvalue weighted by Gasteiger charge is 2.42. The third-order valence-corrected chi connectivity index (χ3v) is 3.53. The topological polar surface area (TPSA) is 56.8 Å². The Morgan fingerprint density at radius 2 is 1.75 bits per heavy atom. The van der Waals surface area contributed by atoms with Gasteiger partial charge < -0.3 is 19.5 Å². The number of hydrogen-bond donors (Lipinski definition) is 1. The quantitative estimate of drug-likeness (QED) is 0.475. The zero-order valence-corrected chi connectivity index (χ0v) is 14.9. The molecule has 0 unspecified atom stereocenters. The van der Waals surface area contributed by atoms with E-state index in [0.29, 0.717) is 0 Å². The third kappa shape index (κ3) is 5.38. The van der Waals surface area contributed by atoms with Crippen LogP contribution in [0.5, 0.6) is 17.2 Å². The van der Waals surface area contributed by atoms with E-state index in [1.165, 1.54) is 25.3 Å². The lowest BCUT2D eigenvalue weighted by Gasteiger charge is -2.20. The Morgan fingerprint density at radius 1 is 1.07 bits per heavy atom. The van der Waals surface area contributed by atoms with Crippen molar-refractivity contribution in [1.29, 1.82) is 0 Å². The molecule has 0 aromatic heterocycles. The number of para-hydroxylation sites is 2. The lowest BCUT2D eigenvalue weighted by atomic mass is 10.1. The maximum atomic E-state index is 13.4. The zero-order valence-electron chi connectivity index (χ0n) is 14.1. The molecule has 2 aromatic carbocycles. The van der Waals surface area contributed by atoms with Gasteiger partial charge in [0.1, 0.15) is 5.75 Å². The highest BCUT2D eigenvalue weighted by Crippen LogP contribution is 2.34. The summed E-state index contributed by atoms with van der Waals surface area (Å²) in [6, 6.07) is 8.39. The smallest absolute Gasteiger partial charge is 0.444 e. The van der Waals surface area contributed by atoms with E-state index in [1.807, 2.05) is 0 Å². The van der Waals surface area contributed by atoms with Crippen molar-refractivity contribution in [1.82, 2.24) is 0 Å². The first-order chi connectivity index (χ1) is 13.1. The number of amides is 1. The number of benzene rings is 2. The predicted octanol–water partition coefficient (Wildman–Crippen LogP) is 5.05. The maximum absolute atomic E-state index is 13.4. The van der Waals surface area contributed by atoms with Gasteiger partial charge in [0.15, 0.2) is 11.5 Å². The van der Waals surface area contributed by atoms with Crippen LogP contribution in [0.4, 0.5) is 27.6 Å². The van der Waals surface area contributed by atoms with Gasteiger partial charge in [-0.05, 0) is 30.3 Å². The second kappa shape index (κ2) is 8.96. The number of ether oxygens (including phenoxy) is 3. The highest BCUT2D eigenvalue weighted by molar-refractivity contribution is 6.20. The molecular weight excluding hydrogens is 413 g/mol. The molecule has 0 aliphatic carbocycles. The maximum Gasteiger partial charge on any atom is 0.444 e. The van der Waals surface area contributed by atoms with Crippen LogP contribution in [-0.2, 0) is 0 Å². The van der Waals surface area contributed by atoms with Gasteiger partial charge in [0.25, 0.3) is 11.5 Å². The molecular formula is C17H13ClF5NO4. The van der Waals surface area contributed by atoms with E-state index in [0.717, 1.165) is 24.3 Å². The van der Waals surface area contributed by atoms with Gasteiger partial charge >= 0.3 is 12.7 Å². The molecule has 5 nitrogen and oxygen atoms in total. The summed E-state index contributed by atoms with van der Waals surface area (Å²) in [5.74, 6) is -1.78. The van der Waals surface area contributed by atoms with Crippen LogP contribution in [0.1, 0.15) is 10.4 Å². The van der Waals surface area contributed by atoms with Crippen LogP contribution < -0.4 is 19.5 Å². The predicted molar refractivity (Wildman–Crippen MR) is 90.3 cm³/mol. The molecule has 1 N–H and O–H groups in total. The van der Waals surface area contributed by atoms with Crippen LogP contribution in [0.25, 0.3) is 0 Å². The number of rotatable bonds is 8. The zero-order chi connectivity index (χ0) is 20.9. The number of halogens is 6. The van der Waals surface area contributed by atoms with Gasteiger partial charge in [0.2, 0.25) is 0 Å². The Bertz CT molecular complexity index is 835. The van der Waals surface area contributed by atoms with Crippen LogP contribution in [-0.4, -0.2) is 31.4 Å². The number of hydrogen-bond acceptors (Lipinski definition) is 4. The van der Waals surface area contributed by atoms with Crippen LogP contribution in [0.3, 0.4) is 0 Å². The van der Waals surface area contributed by atoms with E-state index in [2.05, 4.69) is 14.8 Å². The van der Waals surface area contributed by atoms with Crippen molar-refractivity contribution in [3.05, 3.63) is 48.0 Å². The minimum absolute atomic E-state index is 0.0549. The van der Waals surface area contributed by atoms with Gasteiger partial charge in [-0.15, -0.1) is 0 Å². The Labute approximate surface area is 160 Å². The summed E-state index contributed by atoms with van der Waals surface area (Å²) in [6.07, 6.45) is -4.33. The molecule has 28 heavy (non-hydrogen) atoms. The molecule has 2 rings (SSSR count). The molecule has 1 atom stereocenters. The van der Waals surface area contributed by atoms with Gasteiger partial charge in [-0.1, -0.05) is 23.7 Å². The van der Waals surface area contributed by atoms with Gasteiger partial charge in [0, 0.05) is 5.56 Å². The number of anilines is 1. The molecule has 0 spiro atoms. The largest absolute Gasteiger partial charge is 0.493 e. The number of alkyl halides is 6. The fourth-order valence-electron chi connectivity index (χ4n) is 2.05. The summed E-state index contributed by atoms with van der Waals surface area (Å²) in [4.78, 5) is 12.4. The summed E-state index contributed by atoms with van der Waals surface area (Å²) >= 11 is 4.75. The molecule has 0 aliphatic rings. The number of nitrogens with one attached hydrogen (secondary N) is 1. The van der Waals surface area contributed by atoms with Gasteiger partial charge in [-0.2, -0.15) is 17.6 Å². The van der Waals surface area contributed by atoms with Gasteiger partial charge in [-0.25, -0.2) is 4.39 Å². The van der Waals surface area contributed by atoms with E-state index in [4.69, 9.17) is 16.3 Å². The standard InChI is InChI=1S/C17H13ClF5NO4/c1-26-13-8-9(6-7-12(13)27-16(20)21)14(25)24-10-4-2-3-5-11(10)28-17(22,23)15(18)19/h2-8,15-16H,1H3,(H,24,25)/t15-/m1/s1. The first kappa shape index (κ1) is 21.5. The molecule has 2 aromatic rings. The molecule has 0 saturated carbocycles. The van der Waals surface area contributed by atoms with Crippen molar-refractivity contribution in [3.63, 3.8) is 0 Å². The van der Waals surface area contributed by atoms with E-state index in [-0.39, 0.29) is 22.7 Å². The third-order valence-electron chi connectivity index (χ3n) is 3.28. The molecule has 11 heteroatoms. The van der Waals surface area contributed by atoms with Gasteiger partial charge in [-0.3, -0.25) is 4.79 Å². The second-order valence-electron chi connectivity index (χ2n) is 5.16. The summed E-state index contributed by atoms with van der Waals surface area (Å²) in [5, 5.41) is 2.29. The number of carbonyl (C=O) groups is 1. The molecule has 152 valence electrons. The first-order valence-electron chi connectivity index (χ1n) is 7.52. The van der Waals surface area contributed by atoms with Crippen molar-refractivity contribution in [2.75, 3.05) is 12.4 Å². The summed E-state index contributed by atoms with van der Waals surface area (Å²) in [5.41, 5.74) is -3.36. The molecule has 0 fully saturated rings. The highest BCUT2D eigenvalue weighted by atomic mass is 35.5. The Balaban J connectivity index is 2.24. The van der Waals surface area contributed by atoms with Crippen LogP contribution in [0.15, 0.2) is 42.5 Å². The molecule has 0 radical (unpaired) electrons. The van der Waals surface area contributed by atoms with Gasteiger partial charge in [0.05, 0.1) is 12.8 Å². The van der Waals surface area contributed by atoms with Crippen molar-refractivity contribution >= 4 is 23.2 Å². The van der Waals surface area contributed by atoms with Crippen LogP contribution in [0, 0.1) is 0 Å². The van der Waals surface area contributed by atoms with Crippen LogP contribution in [0.2, 0.25) is 0 Å². The minimum atomic E-state index is -4.33. The average molecular weight is 426 g/mol. The number of carbonyl (C=O) groups excluding carboxylic acids is 1. The number of methoxy groups -OCH3 is 1. The van der Waals surface area contributed by atoms with Crippen molar-refractivity contribution < 1.29 is 41.0 Å². The normalized spacial score (nSPS) is 12.4. The summed E-state index contributed by atoms with van der Waals surface area (Å²) in [7, 11) is 1.18. The van der Waals surface area contributed by atoms with Crippen molar-refractivity contribution in [3.8, 4) is 17.2 Å². The average Bonchev–Trinajstić information content (AvgIpc) is 2.62. The van der Waals surface area contributed by atoms with E-state index < -0.39 is 30.0 Å². The Morgan fingerprint density at radius 3 is 2.36 bits per heavy atom. The second-order valence-corrected chi connectivity index (χ2v) is 5.54. The van der Waals surface area contributed by atoms with E-state index in [1.54, 1.807) is 0 Å². The Hall–Kier alpha value is -2.75. The fraction of sp³-hybridized carbons (Fsp3) is 0.235. The molecule has 1 amide bonds. The molecule has 0 bridgehead atoms. The van der Waals surface area contributed by atoms with E-state index >= 15 is 0 Å². The molecule has 0 aliphatic heterocycles. The van der Waals surface area contributed by atoms with Crippen molar-refractivity contribution in [2.45, 2.75) is 18.4 Å². The van der Waals surface area contributed by atoms with Crippen molar-refractivity contribution in [2.24, 2.45) is 0 Å². The first-order valence-corrected chi connectivity index (χ1v) is 7.96. The summed E-state index contributed by atoms with van der Waals surface area (Å²) < 4.78 is 77.6. The monoisotopic (exact) mass is 425 g/mol. The summed E-state index contributed by atoms with van der Waals surface area (Å²) in [6.45, 7) is -3.10. The fourth-order valence-corrected chi connectivity index (χ4v) is 2.09. The minimum Gasteiger partial charge on any atom is -0.493 e.